The van der Waals surface area contributed by atoms with Crippen molar-refractivity contribution in [1.82, 2.24) is 4.98 Å². The van der Waals surface area contributed by atoms with Crippen LogP contribution in [0.2, 0.25) is 5.02 Å². The molecule has 182 valence electrons. The molecule has 1 fully saturated rings. The number of piperidine rings is 1. The van der Waals surface area contributed by atoms with Gasteiger partial charge in [-0.25, -0.2) is 9.78 Å². The van der Waals surface area contributed by atoms with E-state index in [2.05, 4.69) is 15.2 Å². The molecule has 0 atom stereocenters. The Hall–Kier alpha value is -3.90. The second-order valence-corrected chi connectivity index (χ2v) is 9.23. The highest BCUT2D eigenvalue weighted by molar-refractivity contribution is 6.30. The van der Waals surface area contributed by atoms with Crippen LogP contribution in [0.1, 0.15) is 29.6 Å². The standard InChI is InChI=1S/C29H26ClN3O3/c30-21-10-8-20(9-11-21)27-18-25(24-6-2-3-7-26(24)32-27)29(35)36-19-28(34)31-22-12-14-23(15-13-22)33-16-4-1-5-17-33/h2-3,6-15,18H,1,4-5,16-17,19H2,(H,31,34). The van der Waals surface area contributed by atoms with Crippen molar-refractivity contribution < 1.29 is 14.3 Å². The number of esters is 1. The molecule has 1 aromatic heterocycles. The van der Waals surface area contributed by atoms with Gasteiger partial charge in [0.1, 0.15) is 0 Å². The number of aromatic nitrogens is 1. The summed E-state index contributed by atoms with van der Waals surface area (Å²) in [5.74, 6) is -0.982. The molecule has 7 heteroatoms. The Balaban J connectivity index is 1.26. The molecular formula is C29H26ClN3O3. The molecule has 1 amide bonds. The van der Waals surface area contributed by atoms with Crippen LogP contribution >= 0.6 is 11.6 Å². The largest absolute Gasteiger partial charge is 0.452 e. The summed E-state index contributed by atoms with van der Waals surface area (Å²) in [7, 11) is 0. The maximum atomic E-state index is 13.0. The Bertz CT molecular complexity index is 1380. The van der Waals surface area contributed by atoms with E-state index in [-0.39, 0.29) is 6.61 Å². The molecule has 3 aromatic carbocycles. The SMILES string of the molecule is O=C(COC(=O)c1cc(-c2ccc(Cl)cc2)nc2ccccc12)Nc1ccc(N2CCCCC2)cc1. The predicted octanol–water partition coefficient (Wildman–Crippen LogP) is 6.34. The van der Waals surface area contributed by atoms with Crippen molar-refractivity contribution in [2.45, 2.75) is 19.3 Å². The van der Waals surface area contributed by atoms with Crippen LogP contribution in [0.3, 0.4) is 0 Å². The summed E-state index contributed by atoms with van der Waals surface area (Å²) in [5, 5.41) is 4.08. The van der Waals surface area contributed by atoms with Gasteiger partial charge in [0.05, 0.1) is 16.8 Å². The number of amides is 1. The van der Waals surface area contributed by atoms with E-state index in [1.54, 1.807) is 18.2 Å². The van der Waals surface area contributed by atoms with Gasteiger partial charge in [-0.05, 0) is 67.8 Å². The van der Waals surface area contributed by atoms with Gasteiger partial charge in [0.15, 0.2) is 6.61 Å². The van der Waals surface area contributed by atoms with E-state index in [1.165, 1.54) is 19.3 Å². The number of carbonyl (C=O) groups is 2. The van der Waals surface area contributed by atoms with Crippen molar-refractivity contribution in [3.8, 4) is 11.3 Å². The molecule has 0 saturated carbocycles. The van der Waals surface area contributed by atoms with E-state index in [0.29, 0.717) is 32.9 Å². The lowest BCUT2D eigenvalue weighted by Crippen LogP contribution is -2.29. The summed E-state index contributed by atoms with van der Waals surface area (Å²) in [5.41, 5.74) is 4.27. The Morgan fingerprint density at radius 3 is 2.39 bits per heavy atom. The van der Waals surface area contributed by atoms with Gasteiger partial charge in [0.2, 0.25) is 0 Å². The van der Waals surface area contributed by atoms with Gasteiger partial charge < -0.3 is 15.0 Å². The zero-order valence-corrected chi connectivity index (χ0v) is 20.5. The second kappa shape index (κ2) is 10.8. The minimum Gasteiger partial charge on any atom is -0.452 e. The molecule has 1 N–H and O–H groups in total. The minimum absolute atomic E-state index is 0.351. The third-order valence-electron chi connectivity index (χ3n) is 6.28. The summed E-state index contributed by atoms with van der Waals surface area (Å²) >= 11 is 6.01. The lowest BCUT2D eigenvalue weighted by Gasteiger charge is -2.28. The second-order valence-electron chi connectivity index (χ2n) is 8.80. The first-order chi connectivity index (χ1) is 17.6. The number of halogens is 1. The summed E-state index contributed by atoms with van der Waals surface area (Å²) in [4.78, 5) is 32.5. The van der Waals surface area contributed by atoms with Gasteiger partial charge in [-0.3, -0.25) is 4.79 Å². The van der Waals surface area contributed by atoms with Gasteiger partial charge >= 0.3 is 5.97 Å². The van der Waals surface area contributed by atoms with Gasteiger partial charge in [0, 0.05) is 40.4 Å². The predicted molar refractivity (Wildman–Crippen MR) is 144 cm³/mol. The van der Waals surface area contributed by atoms with Crippen molar-refractivity contribution in [2.75, 3.05) is 29.9 Å². The summed E-state index contributed by atoms with van der Waals surface area (Å²) in [6.07, 6.45) is 3.69. The number of ether oxygens (including phenoxy) is 1. The maximum absolute atomic E-state index is 13.0. The number of para-hydroxylation sites is 1. The van der Waals surface area contributed by atoms with Crippen LogP contribution in [-0.2, 0) is 9.53 Å². The highest BCUT2D eigenvalue weighted by Gasteiger charge is 2.17. The van der Waals surface area contributed by atoms with Crippen LogP contribution < -0.4 is 10.2 Å². The minimum atomic E-state index is -0.584. The molecular weight excluding hydrogens is 474 g/mol. The smallest absolute Gasteiger partial charge is 0.339 e. The fraction of sp³-hybridized carbons (Fsp3) is 0.207. The van der Waals surface area contributed by atoms with Crippen molar-refractivity contribution in [2.24, 2.45) is 0 Å². The van der Waals surface area contributed by atoms with E-state index < -0.39 is 11.9 Å². The third kappa shape index (κ3) is 5.50. The van der Waals surface area contributed by atoms with Gasteiger partial charge in [-0.15, -0.1) is 0 Å². The van der Waals surface area contributed by atoms with Crippen LogP contribution in [0, 0.1) is 0 Å². The molecule has 1 aliphatic rings. The number of pyridine rings is 1. The third-order valence-corrected chi connectivity index (χ3v) is 6.53. The summed E-state index contributed by atoms with van der Waals surface area (Å²) < 4.78 is 5.39. The zero-order chi connectivity index (χ0) is 24.9. The number of nitrogens with one attached hydrogen (secondary N) is 1. The number of fused-ring (bicyclic) bond motifs is 1. The van der Waals surface area contributed by atoms with Crippen LogP contribution in [0.25, 0.3) is 22.2 Å². The number of anilines is 2. The fourth-order valence-electron chi connectivity index (χ4n) is 4.43. The number of carbonyl (C=O) groups excluding carboxylic acids is 2. The molecule has 4 aromatic rings. The van der Waals surface area contributed by atoms with Crippen LogP contribution in [0.5, 0.6) is 0 Å². The lowest BCUT2D eigenvalue weighted by molar-refractivity contribution is -0.119. The Morgan fingerprint density at radius 2 is 1.64 bits per heavy atom. The van der Waals surface area contributed by atoms with E-state index >= 15 is 0 Å². The number of nitrogens with zero attached hydrogens (tertiary/aromatic N) is 2. The van der Waals surface area contributed by atoms with Gasteiger partial charge in [-0.1, -0.05) is 41.9 Å². The van der Waals surface area contributed by atoms with Crippen molar-refractivity contribution in [1.29, 1.82) is 0 Å². The van der Waals surface area contributed by atoms with Crippen molar-refractivity contribution in [3.05, 3.63) is 89.4 Å². The van der Waals surface area contributed by atoms with Gasteiger partial charge in [-0.2, -0.15) is 0 Å². The molecule has 36 heavy (non-hydrogen) atoms. The van der Waals surface area contributed by atoms with Crippen LogP contribution in [0.4, 0.5) is 11.4 Å². The number of hydrogen-bond acceptors (Lipinski definition) is 5. The van der Waals surface area contributed by atoms with Crippen molar-refractivity contribution in [3.63, 3.8) is 0 Å². The molecule has 0 unspecified atom stereocenters. The first-order valence-electron chi connectivity index (χ1n) is 12.0. The first kappa shape index (κ1) is 23.8. The molecule has 5 rings (SSSR count). The quantitative estimate of drug-likeness (QED) is 0.313. The molecule has 0 bridgehead atoms. The molecule has 0 aliphatic carbocycles. The zero-order valence-electron chi connectivity index (χ0n) is 19.7. The molecule has 1 saturated heterocycles. The lowest BCUT2D eigenvalue weighted by atomic mass is 10.0. The van der Waals surface area contributed by atoms with E-state index in [9.17, 15) is 9.59 Å². The molecule has 6 nitrogen and oxygen atoms in total. The summed E-state index contributed by atoms with van der Waals surface area (Å²) in [6, 6.07) is 24.0. The average Bonchev–Trinajstić information content (AvgIpc) is 2.92. The van der Waals surface area contributed by atoms with E-state index in [0.717, 1.165) is 24.3 Å². The number of benzene rings is 3. The highest BCUT2D eigenvalue weighted by Crippen LogP contribution is 2.27. The van der Waals surface area contributed by atoms with E-state index in [4.69, 9.17) is 16.3 Å². The normalized spacial score (nSPS) is 13.4. The number of rotatable bonds is 6. The van der Waals surface area contributed by atoms with Crippen LogP contribution in [0.15, 0.2) is 78.9 Å². The average molecular weight is 500 g/mol. The van der Waals surface area contributed by atoms with E-state index in [1.807, 2.05) is 60.7 Å². The highest BCUT2D eigenvalue weighted by atomic mass is 35.5. The Morgan fingerprint density at radius 1 is 0.917 bits per heavy atom. The monoisotopic (exact) mass is 499 g/mol. The molecule has 1 aliphatic heterocycles. The molecule has 0 spiro atoms. The molecule has 0 radical (unpaired) electrons. The fourth-order valence-corrected chi connectivity index (χ4v) is 4.55. The van der Waals surface area contributed by atoms with Crippen LogP contribution in [-0.4, -0.2) is 36.6 Å². The summed E-state index contributed by atoms with van der Waals surface area (Å²) in [6.45, 7) is 1.73. The van der Waals surface area contributed by atoms with Crippen molar-refractivity contribution >= 4 is 45.8 Å². The molecule has 2 heterocycles. The maximum Gasteiger partial charge on any atom is 0.339 e. The first-order valence-corrected chi connectivity index (χ1v) is 12.4. The Kier molecular flexibility index (Phi) is 7.14. The Labute approximate surface area is 214 Å². The topological polar surface area (TPSA) is 71.5 Å². The number of hydrogen-bond donors (Lipinski definition) is 1. The van der Waals surface area contributed by atoms with Gasteiger partial charge in [0.25, 0.3) is 5.91 Å².